The summed E-state index contributed by atoms with van der Waals surface area (Å²) in [5.41, 5.74) is 1.00. The standard InChI is InChI=1S/C27H27F3N6O2S/c28-27(29,30)20-10-6-9-19(15-20)17-24(38)32-26-36-35-25(39-26)12-5-4-11-21-13-14-22(34-33-21)31-23(37)16-18-7-2-1-3-8-18/h1-3,6-8,10,13-15,19H,4-5,9,11-12,16-17H2,(H,31,34,37)(H,32,36,38). The second-order valence-electron chi connectivity index (χ2n) is 9.10. The number of alkyl halides is 3. The van der Waals surface area contributed by atoms with Crippen LogP contribution in [0.4, 0.5) is 24.1 Å². The SMILES string of the molecule is O=C(Cc1ccccc1)Nc1ccc(CCCCc2nnc(NC(=O)CC3C=C(C(F)(F)F)C=CC3)s2)nn1. The molecule has 2 N–H and O–H groups in total. The number of nitrogens with one attached hydrogen (secondary N) is 2. The van der Waals surface area contributed by atoms with E-state index in [1.807, 2.05) is 36.4 Å². The summed E-state index contributed by atoms with van der Waals surface area (Å²) in [6.07, 6.45) is 2.77. The maximum atomic E-state index is 12.9. The Kier molecular flexibility index (Phi) is 9.53. The molecule has 0 aliphatic heterocycles. The highest BCUT2D eigenvalue weighted by Crippen LogP contribution is 2.32. The number of carbonyl (C=O) groups excluding carboxylic acids is 2. The van der Waals surface area contributed by atoms with Crippen LogP contribution < -0.4 is 10.6 Å². The highest BCUT2D eigenvalue weighted by Gasteiger charge is 2.33. The summed E-state index contributed by atoms with van der Waals surface area (Å²) in [5.74, 6) is -0.662. The molecule has 0 saturated carbocycles. The van der Waals surface area contributed by atoms with Crippen LogP contribution in [0, 0.1) is 5.92 Å². The van der Waals surface area contributed by atoms with Crippen molar-refractivity contribution in [1.82, 2.24) is 20.4 Å². The molecule has 0 fully saturated rings. The van der Waals surface area contributed by atoms with E-state index >= 15 is 0 Å². The molecular formula is C27H27F3N6O2S. The summed E-state index contributed by atoms with van der Waals surface area (Å²) in [7, 11) is 0. The van der Waals surface area contributed by atoms with Crippen molar-refractivity contribution in [3.63, 3.8) is 0 Å². The smallest absolute Gasteiger partial charge is 0.309 e. The maximum absolute atomic E-state index is 12.9. The number of aryl methyl sites for hydroxylation is 2. The van der Waals surface area contributed by atoms with Gasteiger partial charge >= 0.3 is 6.18 Å². The number of aromatic nitrogens is 4. The molecule has 8 nitrogen and oxygen atoms in total. The zero-order chi connectivity index (χ0) is 27.7. The molecule has 0 spiro atoms. The summed E-state index contributed by atoms with van der Waals surface area (Å²) in [6, 6.07) is 13.0. The molecule has 12 heteroatoms. The van der Waals surface area contributed by atoms with Gasteiger partial charge in [0.05, 0.1) is 17.7 Å². The molecule has 1 aliphatic carbocycles. The number of allylic oxidation sites excluding steroid dienone is 4. The van der Waals surface area contributed by atoms with Crippen molar-refractivity contribution >= 4 is 34.1 Å². The first-order valence-corrected chi connectivity index (χ1v) is 13.3. The van der Waals surface area contributed by atoms with E-state index < -0.39 is 23.6 Å². The summed E-state index contributed by atoms with van der Waals surface area (Å²) in [6.45, 7) is 0. The van der Waals surface area contributed by atoms with Gasteiger partial charge in [0.15, 0.2) is 5.82 Å². The van der Waals surface area contributed by atoms with E-state index in [2.05, 4.69) is 31.0 Å². The second kappa shape index (κ2) is 13.2. The van der Waals surface area contributed by atoms with Crippen molar-refractivity contribution in [2.24, 2.45) is 5.92 Å². The highest BCUT2D eigenvalue weighted by molar-refractivity contribution is 7.15. The van der Waals surface area contributed by atoms with Gasteiger partial charge in [0.25, 0.3) is 0 Å². The zero-order valence-corrected chi connectivity index (χ0v) is 21.8. The van der Waals surface area contributed by atoms with E-state index in [1.54, 1.807) is 6.07 Å². The molecule has 0 saturated heterocycles. The van der Waals surface area contributed by atoms with Crippen molar-refractivity contribution in [3.05, 3.63) is 82.5 Å². The first kappa shape index (κ1) is 28.1. The van der Waals surface area contributed by atoms with Crippen LogP contribution in [0.15, 0.2) is 66.3 Å². The van der Waals surface area contributed by atoms with Gasteiger partial charge in [0.1, 0.15) is 5.01 Å². The quantitative estimate of drug-likeness (QED) is 0.303. The number of anilines is 2. The first-order chi connectivity index (χ1) is 18.7. The number of carbonyl (C=O) groups is 2. The number of nitrogens with zero attached hydrogens (tertiary/aromatic N) is 4. The molecule has 1 unspecified atom stereocenters. The van der Waals surface area contributed by atoms with Gasteiger partial charge in [0.2, 0.25) is 16.9 Å². The van der Waals surface area contributed by atoms with E-state index in [-0.39, 0.29) is 18.7 Å². The number of halogens is 3. The fourth-order valence-corrected chi connectivity index (χ4v) is 4.80. The van der Waals surface area contributed by atoms with Crippen molar-refractivity contribution < 1.29 is 22.8 Å². The lowest BCUT2D eigenvalue weighted by Gasteiger charge is -2.17. The van der Waals surface area contributed by atoms with E-state index in [0.29, 0.717) is 30.2 Å². The number of hydrogen-bond donors (Lipinski definition) is 2. The molecule has 2 amide bonds. The van der Waals surface area contributed by atoms with E-state index in [0.717, 1.165) is 41.3 Å². The van der Waals surface area contributed by atoms with Gasteiger partial charge in [-0.05, 0) is 49.3 Å². The van der Waals surface area contributed by atoms with Gasteiger partial charge < -0.3 is 10.6 Å². The normalized spacial score (nSPS) is 15.1. The van der Waals surface area contributed by atoms with Gasteiger partial charge in [0, 0.05) is 12.8 Å². The van der Waals surface area contributed by atoms with E-state index in [1.165, 1.54) is 17.4 Å². The highest BCUT2D eigenvalue weighted by atomic mass is 32.1. The molecule has 2 heterocycles. The second-order valence-corrected chi connectivity index (χ2v) is 10.2. The molecule has 1 atom stereocenters. The van der Waals surface area contributed by atoms with Gasteiger partial charge in [-0.2, -0.15) is 18.3 Å². The van der Waals surface area contributed by atoms with Gasteiger partial charge in [-0.25, -0.2) is 0 Å². The minimum Gasteiger partial charge on any atom is -0.309 e. The number of hydrogen-bond acceptors (Lipinski definition) is 7. The lowest BCUT2D eigenvalue weighted by atomic mass is 9.93. The van der Waals surface area contributed by atoms with E-state index in [9.17, 15) is 22.8 Å². The average Bonchev–Trinajstić information content (AvgIpc) is 3.34. The topological polar surface area (TPSA) is 110 Å². The average molecular weight is 557 g/mol. The van der Waals surface area contributed by atoms with Crippen molar-refractivity contribution in [2.75, 3.05) is 10.6 Å². The fourth-order valence-electron chi connectivity index (χ4n) is 4.00. The number of rotatable bonds is 11. The molecule has 3 aromatic rings. The van der Waals surface area contributed by atoms with Crippen LogP contribution in [0.5, 0.6) is 0 Å². The Morgan fingerprint density at radius 2 is 1.72 bits per heavy atom. The molecule has 1 aromatic carbocycles. The third-order valence-corrected chi connectivity index (χ3v) is 6.81. The molecule has 204 valence electrons. The van der Waals surface area contributed by atoms with Crippen molar-refractivity contribution in [1.29, 1.82) is 0 Å². The third-order valence-electron chi connectivity index (χ3n) is 5.91. The number of amides is 2. The predicted molar refractivity (Wildman–Crippen MR) is 142 cm³/mol. The van der Waals surface area contributed by atoms with Crippen molar-refractivity contribution in [3.8, 4) is 0 Å². The summed E-state index contributed by atoms with van der Waals surface area (Å²) >= 11 is 1.25. The Morgan fingerprint density at radius 3 is 2.46 bits per heavy atom. The molecular weight excluding hydrogens is 529 g/mol. The van der Waals surface area contributed by atoms with Crippen LogP contribution in [0.25, 0.3) is 0 Å². The van der Waals surface area contributed by atoms with Crippen LogP contribution in [0.2, 0.25) is 0 Å². The Morgan fingerprint density at radius 1 is 0.923 bits per heavy atom. The summed E-state index contributed by atoms with van der Waals surface area (Å²) < 4.78 is 38.7. The largest absolute Gasteiger partial charge is 0.416 e. The zero-order valence-electron chi connectivity index (χ0n) is 20.9. The number of unbranched alkanes of at least 4 members (excludes halogenated alkanes) is 1. The molecule has 4 rings (SSSR count). The fraction of sp³-hybridized carbons (Fsp3) is 0.333. The minimum atomic E-state index is -4.42. The van der Waals surface area contributed by atoms with Gasteiger partial charge in [-0.3, -0.25) is 9.59 Å². The summed E-state index contributed by atoms with van der Waals surface area (Å²) in [5, 5.41) is 22.8. The third kappa shape index (κ3) is 9.10. The number of benzene rings is 1. The molecule has 0 bridgehead atoms. The Hall–Kier alpha value is -3.93. The Bertz CT molecular complexity index is 1320. The molecule has 39 heavy (non-hydrogen) atoms. The maximum Gasteiger partial charge on any atom is 0.416 e. The van der Waals surface area contributed by atoms with Crippen LogP contribution in [-0.4, -0.2) is 38.4 Å². The molecule has 0 radical (unpaired) electrons. The van der Waals surface area contributed by atoms with Crippen LogP contribution in [0.3, 0.4) is 0 Å². The molecule has 1 aliphatic rings. The lowest BCUT2D eigenvalue weighted by molar-refractivity contribution is -0.117. The van der Waals surface area contributed by atoms with Crippen molar-refractivity contribution in [2.45, 2.75) is 51.1 Å². The summed E-state index contributed by atoms with van der Waals surface area (Å²) in [4.78, 5) is 24.4. The monoisotopic (exact) mass is 556 g/mol. The van der Waals surface area contributed by atoms with Gasteiger partial charge in [-0.1, -0.05) is 59.9 Å². The minimum absolute atomic E-state index is 0.0602. The first-order valence-electron chi connectivity index (χ1n) is 12.5. The van der Waals surface area contributed by atoms with Gasteiger partial charge in [-0.15, -0.1) is 15.3 Å². The lowest BCUT2D eigenvalue weighted by Crippen LogP contribution is -2.19. The Labute approximate surface area is 227 Å². The Balaban J connectivity index is 1.15. The molecule has 2 aromatic heterocycles. The van der Waals surface area contributed by atoms with E-state index in [4.69, 9.17) is 0 Å². The van der Waals surface area contributed by atoms with Crippen LogP contribution >= 0.6 is 11.3 Å². The van der Waals surface area contributed by atoms with Crippen LogP contribution in [-0.2, 0) is 28.9 Å². The van der Waals surface area contributed by atoms with Crippen LogP contribution in [0.1, 0.15) is 41.9 Å². The predicted octanol–water partition coefficient (Wildman–Crippen LogP) is 5.47.